The number of halogens is 11. The maximum absolute atomic E-state index is 14.4. The van der Waals surface area contributed by atoms with E-state index in [2.05, 4.69) is 117 Å². The summed E-state index contributed by atoms with van der Waals surface area (Å²) in [7, 11) is 1.87. The number of benzene rings is 8. The number of aliphatic hydroxyl groups is 3. The first-order valence-electron chi connectivity index (χ1n) is 27.4. The fourth-order valence-electron chi connectivity index (χ4n) is 8.16. The van der Waals surface area contributed by atoms with Crippen molar-refractivity contribution in [2.45, 2.75) is 56.8 Å². The Kier molecular flexibility index (Phi) is 31.7. The second-order valence-electron chi connectivity index (χ2n) is 19.5. The van der Waals surface area contributed by atoms with Gasteiger partial charge in [-0.05, 0) is 179 Å². The Morgan fingerprint density at radius 3 is 1.18 bits per heavy atom. The molecule has 0 aliphatic heterocycles. The summed E-state index contributed by atoms with van der Waals surface area (Å²) in [6, 6.07) is 46.3. The van der Waals surface area contributed by atoms with Crippen LogP contribution >= 0.6 is 112 Å². The lowest BCUT2D eigenvalue weighted by atomic mass is 9.88. The number of ether oxygens (including phenoxy) is 4. The number of hydrogen-bond acceptors (Lipinski definition) is 9. The smallest absolute Gasteiger partial charge is 0.195 e. The first-order chi connectivity index (χ1) is 41.6. The quantitative estimate of drug-likeness (QED) is 0.0191. The summed E-state index contributed by atoms with van der Waals surface area (Å²) in [5.74, 6) is -0.509. The SMILES string of the molecule is CC(O)(c1ccc(Br)cc1)c1ccc(OCCCBr)cc1F.CNCCCOc1ccc(C(C)(O)c2ccc(Br)cc2)c(F)c1.O=C(c1ccc(Br)cc1)c1ccc(OCCCBr)cc1F.OC(c1ccc(Br)cc1)c1ccc(OCCCBr)cc1F. The molecule has 0 aromatic heterocycles. The molecule has 8 aromatic rings. The van der Waals surface area contributed by atoms with Crippen LogP contribution in [0.4, 0.5) is 17.6 Å². The Balaban J connectivity index is 0.000000212. The van der Waals surface area contributed by atoms with Gasteiger partial charge in [0.25, 0.3) is 0 Å². The molecule has 4 N–H and O–H groups in total. The molecule has 0 amide bonds. The van der Waals surface area contributed by atoms with Crippen LogP contribution in [0.3, 0.4) is 0 Å². The van der Waals surface area contributed by atoms with E-state index in [-0.39, 0.29) is 28.0 Å². The fraction of sp³-hybridized carbons (Fsp3) is 0.269. The number of carbonyl (C=O) groups excluding carboxylic acids is 1. The van der Waals surface area contributed by atoms with E-state index >= 15 is 0 Å². The first-order valence-corrected chi connectivity index (χ1v) is 33.9. The summed E-state index contributed by atoms with van der Waals surface area (Å²) in [5.41, 5.74) is 0.273. The van der Waals surface area contributed by atoms with Crippen LogP contribution in [-0.2, 0) is 11.2 Å². The number of carbonyl (C=O) groups is 1. The molecule has 0 aliphatic carbocycles. The van der Waals surface area contributed by atoms with Crippen LogP contribution in [0.5, 0.6) is 23.0 Å². The van der Waals surface area contributed by atoms with Crippen LogP contribution in [0, 0.1) is 23.3 Å². The van der Waals surface area contributed by atoms with Crippen LogP contribution in [0.1, 0.15) is 94.9 Å². The van der Waals surface area contributed by atoms with E-state index in [1.807, 2.05) is 43.4 Å². The van der Waals surface area contributed by atoms with Gasteiger partial charge in [-0.1, -0.05) is 148 Å². The van der Waals surface area contributed by atoms with Gasteiger partial charge in [0.2, 0.25) is 0 Å². The molecule has 0 aliphatic rings. The highest BCUT2D eigenvalue weighted by Crippen LogP contribution is 2.36. The first kappa shape index (κ1) is 73.3. The van der Waals surface area contributed by atoms with E-state index in [1.54, 1.807) is 117 Å². The summed E-state index contributed by atoms with van der Waals surface area (Å²) < 4.78 is 82.3. The highest BCUT2D eigenvalue weighted by atomic mass is 79.9. The van der Waals surface area contributed by atoms with Gasteiger partial charge in [0.1, 0.15) is 63.6 Å². The lowest BCUT2D eigenvalue weighted by Crippen LogP contribution is -2.24. The minimum Gasteiger partial charge on any atom is -0.493 e. The number of rotatable bonds is 25. The topological polar surface area (TPSA) is 127 Å². The second kappa shape index (κ2) is 37.6. The molecule has 8 rings (SSSR count). The summed E-state index contributed by atoms with van der Waals surface area (Å²) >= 11 is 23.2. The van der Waals surface area contributed by atoms with Gasteiger partial charge >= 0.3 is 0 Å². The van der Waals surface area contributed by atoms with E-state index in [1.165, 1.54) is 30.3 Å². The molecular weight excluding hydrogens is 1580 g/mol. The molecule has 0 fully saturated rings. The van der Waals surface area contributed by atoms with Gasteiger partial charge in [0.05, 0.1) is 32.0 Å². The largest absolute Gasteiger partial charge is 0.493 e. The third kappa shape index (κ3) is 23.4. The Morgan fingerprint density at radius 1 is 0.471 bits per heavy atom. The number of hydrogen-bond donors (Lipinski definition) is 4. The van der Waals surface area contributed by atoms with E-state index in [4.69, 9.17) is 18.9 Å². The Labute approximate surface area is 565 Å². The third-order valence-corrected chi connectivity index (χ3v) is 16.8. The molecule has 0 heterocycles. The molecular formula is C67H66Br7F4NO8. The predicted octanol–water partition coefficient (Wildman–Crippen LogP) is 18.7. The van der Waals surface area contributed by atoms with Crippen molar-refractivity contribution in [2.75, 3.05) is 56.0 Å². The van der Waals surface area contributed by atoms with Crippen molar-refractivity contribution < 1.29 is 56.6 Å². The Bertz CT molecular complexity index is 3380. The van der Waals surface area contributed by atoms with Gasteiger partial charge in [-0.15, -0.1) is 0 Å². The highest BCUT2D eigenvalue weighted by molar-refractivity contribution is 9.11. The number of nitrogens with one attached hydrogen (secondary N) is 1. The van der Waals surface area contributed by atoms with Gasteiger partial charge < -0.3 is 39.6 Å². The summed E-state index contributed by atoms with van der Waals surface area (Å²) in [5, 5.41) is 37.3. The van der Waals surface area contributed by atoms with Crippen molar-refractivity contribution in [3.63, 3.8) is 0 Å². The Morgan fingerprint density at radius 2 is 0.816 bits per heavy atom. The second-order valence-corrected chi connectivity index (χ2v) is 25.6. The van der Waals surface area contributed by atoms with Crippen LogP contribution in [-0.4, -0.2) is 77.1 Å². The number of aliphatic hydroxyl groups excluding tert-OH is 1. The van der Waals surface area contributed by atoms with E-state index in [9.17, 15) is 37.7 Å². The molecule has 0 radical (unpaired) electrons. The zero-order valence-electron chi connectivity index (χ0n) is 47.8. The van der Waals surface area contributed by atoms with Gasteiger partial charge in [0.15, 0.2) is 5.78 Å². The van der Waals surface area contributed by atoms with Crippen LogP contribution < -0.4 is 24.3 Å². The van der Waals surface area contributed by atoms with Crippen LogP contribution in [0.2, 0.25) is 0 Å². The predicted molar refractivity (Wildman–Crippen MR) is 363 cm³/mol. The molecule has 0 spiro atoms. The van der Waals surface area contributed by atoms with Crippen molar-refractivity contribution in [1.29, 1.82) is 0 Å². The molecule has 0 saturated heterocycles. The van der Waals surface area contributed by atoms with Gasteiger partial charge in [-0.3, -0.25) is 4.79 Å². The Hall–Kier alpha value is -4.45. The maximum Gasteiger partial charge on any atom is 0.195 e. The van der Waals surface area contributed by atoms with Gasteiger partial charge in [0, 0.05) is 80.4 Å². The van der Waals surface area contributed by atoms with Crippen molar-refractivity contribution in [1.82, 2.24) is 5.32 Å². The van der Waals surface area contributed by atoms with Crippen molar-refractivity contribution >= 4 is 117 Å². The zero-order valence-corrected chi connectivity index (χ0v) is 58.9. The zero-order chi connectivity index (χ0) is 63.5. The minimum atomic E-state index is -1.41. The van der Waals surface area contributed by atoms with Crippen molar-refractivity contribution in [2.24, 2.45) is 0 Å². The third-order valence-electron chi connectivity index (χ3n) is 13.0. The lowest BCUT2D eigenvalue weighted by molar-refractivity contribution is 0.0973. The fourth-order valence-corrected chi connectivity index (χ4v) is 9.91. The minimum absolute atomic E-state index is 0.0464. The summed E-state index contributed by atoms with van der Waals surface area (Å²) in [6.45, 7) is 6.08. The van der Waals surface area contributed by atoms with Crippen LogP contribution in [0.25, 0.3) is 0 Å². The molecule has 464 valence electrons. The summed E-state index contributed by atoms with van der Waals surface area (Å²) in [6.07, 6.45) is 2.39. The van der Waals surface area contributed by atoms with Gasteiger partial charge in [-0.2, -0.15) is 0 Å². The van der Waals surface area contributed by atoms with E-state index in [0.717, 1.165) is 66.1 Å². The molecule has 87 heavy (non-hydrogen) atoms. The van der Waals surface area contributed by atoms with Gasteiger partial charge in [-0.25, -0.2) is 17.6 Å². The average Bonchev–Trinajstić information content (AvgIpc) is 1.38. The number of ketones is 1. The summed E-state index contributed by atoms with van der Waals surface area (Å²) in [4.78, 5) is 12.2. The standard InChI is InChI=1S/C18H21BrFNO2.C17H17Br2FO2.C16H15Br2FO2.C16H13Br2FO2/c1-18(22,13-4-6-14(19)7-5-13)16-9-8-15(12-17(16)20)23-11-3-10-21-2;1-17(21,12-3-5-13(19)6-4-12)15-8-7-14(11-16(15)20)22-10-2-9-18;2*17-8-1-9-21-13-6-7-14(15(19)10-13)16(20)11-2-4-12(18)5-3-11/h4-9,12,21-22H,3,10-11H2,1-2H3;3-8,11,21H,2,9-10H2,1H3;2-7,10,16,20H,1,8-9H2;2-7,10H,1,8-9H2. The highest BCUT2D eigenvalue weighted by Gasteiger charge is 2.30. The molecule has 3 unspecified atom stereocenters. The molecule has 9 nitrogen and oxygen atoms in total. The monoisotopic (exact) mass is 1640 g/mol. The maximum atomic E-state index is 14.4. The molecule has 3 atom stereocenters. The lowest BCUT2D eigenvalue weighted by Gasteiger charge is -2.25. The normalized spacial score (nSPS) is 12.5. The van der Waals surface area contributed by atoms with E-state index in [0.29, 0.717) is 71.7 Å². The van der Waals surface area contributed by atoms with Crippen LogP contribution in [0.15, 0.2) is 188 Å². The number of alkyl halides is 3. The van der Waals surface area contributed by atoms with Crippen molar-refractivity contribution in [3.8, 4) is 23.0 Å². The molecule has 0 bridgehead atoms. The average molecular weight is 1650 g/mol. The van der Waals surface area contributed by atoms with E-state index < -0.39 is 40.6 Å². The molecule has 0 saturated carbocycles. The molecule has 20 heteroatoms. The molecule has 8 aromatic carbocycles. The van der Waals surface area contributed by atoms with Crippen molar-refractivity contribution in [3.05, 3.63) is 256 Å².